The summed E-state index contributed by atoms with van der Waals surface area (Å²) in [5.41, 5.74) is 5.45. The molecule has 0 saturated carbocycles. The lowest BCUT2D eigenvalue weighted by Gasteiger charge is -2.33. The first-order chi connectivity index (χ1) is 20.0. The molecule has 3 aromatic carbocycles. The van der Waals surface area contributed by atoms with Crippen LogP contribution in [-0.2, 0) is 16.2 Å². The van der Waals surface area contributed by atoms with Gasteiger partial charge in [-0.25, -0.2) is 0 Å². The predicted molar refractivity (Wildman–Crippen MR) is 160 cm³/mol. The first kappa shape index (κ1) is 28.1. The van der Waals surface area contributed by atoms with Crippen LogP contribution in [0.3, 0.4) is 0 Å². The van der Waals surface area contributed by atoms with Crippen molar-refractivity contribution in [2.45, 2.75) is 38.7 Å². The lowest BCUT2D eigenvalue weighted by molar-refractivity contribution is -0.116. The molecule has 8 heteroatoms. The highest BCUT2D eigenvalue weighted by Gasteiger charge is 2.37. The molecule has 208 valence electrons. The van der Waals surface area contributed by atoms with Gasteiger partial charge >= 0.3 is 0 Å². The van der Waals surface area contributed by atoms with Crippen LogP contribution in [0.2, 0.25) is 0 Å². The fraction of sp³-hybridized carbons (Fsp3) is 0.242. The maximum Gasteiger partial charge on any atom is 0.234 e. The molecule has 1 aliphatic carbocycles. The number of hydrogen-bond donors (Lipinski definition) is 2. The fourth-order valence-corrected chi connectivity index (χ4v) is 5.92. The van der Waals surface area contributed by atoms with E-state index in [9.17, 15) is 14.9 Å². The number of dihydropyridines is 1. The summed E-state index contributed by atoms with van der Waals surface area (Å²) >= 11 is 1.27. The van der Waals surface area contributed by atoms with Gasteiger partial charge in [-0.1, -0.05) is 65.9 Å². The average molecular weight is 566 g/mol. The van der Waals surface area contributed by atoms with Crippen LogP contribution in [0.15, 0.2) is 94.7 Å². The number of hydrogen-bond acceptors (Lipinski definition) is 7. The van der Waals surface area contributed by atoms with E-state index in [0.717, 1.165) is 34.5 Å². The van der Waals surface area contributed by atoms with Gasteiger partial charge in [0.05, 0.1) is 35.5 Å². The summed E-state index contributed by atoms with van der Waals surface area (Å²) < 4.78 is 11.7. The number of amides is 1. The Morgan fingerprint density at radius 3 is 2.59 bits per heavy atom. The minimum atomic E-state index is -0.566. The molecule has 0 unspecified atom stereocenters. The quantitative estimate of drug-likeness (QED) is 0.310. The number of methoxy groups -OCH3 is 1. The van der Waals surface area contributed by atoms with Gasteiger partial charge in [-0.15, -0.1) is 0 Å². The molecule has 0 radical (unpaired) electrons. The number of nitrogens with one attached hydrogen (secondary N) is 2. The van der Waals surface area contributed by atoms with Crippen LogP contribution < -0.4 is 20.1 Å². The molecule has 5 rings (SSSR count). The molecule has 0 saturated heterocycles. The second-order valence-electron chi connectivity index (χ2n) is 9.97. The Morgan fingerprint density at radius 1 is 1.07 bits per heavy atom. The molecule has 2 N–H and O–H groups in total. The normalized spacial score (nSPS) is 16.4. The van der Waals surface area contributed by atoms with Gasteiger partial charge < -0.3 is 20.1 Å². The summed E-state index contributed by atoms with van der Waals surface area (Å²) in [5, 5.41) is 17.2. The SMILES string of the molecule is COc1cc([C@H]2C(C#N)=C(SCC(=O)Nc3ccc(C)cc3)NC3=C2C(=O)CCC3)ccc1OCc1ccccc1. The molecule has 0 aromatic heterocycles. The maximum atomic E-state index is 13.2. The standard InChI is InChI=1S/C33H31N3O4S/c1-21-11-14-24(15-12-21)35-30(38)20-41-33-25(18-34)31(32-26(36-33)9-6-10-27(32)37)23-13-16-28(29(17-23)39-2)40-19-22-7-4-3-5-8-22/h3-5,7-8,11-17,31,36H,6,9-10,19-20H2,1-2H3,(H,35,38)/t31-/m0/s1. The summed E-state index contributed by atoms with van der Waals surface area (Å²) in [5.74, 6) is 0.489. The van der Waals surface area contributed by atoms with Crippen LogP contribution in [0.1, 0.15) is 41.9 Å². The molecule has 1 aliphatic heterocycles. The highest BCUT2D eigenvalue weighted by atomic mass is 32.2. The smallest absolute Gasteiger partial charge is 0.234 e. The first-order valence-electron chi connectivity index (χ1n) is 13.5. The third kappa shape index (κ3) is 6.47. The summed E-state index contributed by atoms with van der Waals surface area (Å²) in [6, 6.07) is 25.3. The second kappa shape index (κ2) is 12.8. The molecule has 2 aliphatic rings. The number of nitrogens with zero attached hydrogens (tertiary/aromatic N) is 1. The van der Waals surface area contributed by atoms with Crippen LogP contribution in [0.25, 0.3) is 0 Å². The number of Topliss-reactive ketones (excluding diaryl/α,β-unsaturated/α-hetero) is 1. The molecule has 7 nitrogen and oxygen atoms in total. The Bertz CT molecular complexity index is 1560. The van der Waals surface area contributed by atoms with Crippen molar-refractivity contribution in [3.05, 3.63) is 111 Å². The number of ketones is 1. The van der Waals surface area contributed by atoms with E-state index in [1.165, 1.54) is 11.8 Å². The van der Waals surface area contributed by atoms with E-state index in [1.807, 2.05) is 79.7 Å². The number of nitriles is 1. The predicted octanol–water partition coefficient (Wildman–Crippen LogP) is 6.38. The van der Waals surface area contributed by atoms with Gasteiger partial charge in [-0.3, -0.25) is 9.59 Å². The van der Waals surface area contributed by atoms with E-state index in [1.54, 1.807) is 7.11 Å². The topological polar surface area (TPSA) is 100 Å². The van der Waals surface area contributed by atoms with Crippen LogP contribution in [0, 0.1) is 18.3 Å². The number of ether oxygens (including phenoxy) is 2. The largest absolute Gasteiger partial charge is 0.493 e. The van der Waals surface area contributed by atoms with Crippen molar-refractivity contribution in [1.29, 1.82) is 5.26 Å². The minimum Gasteiger partial charge on any atom is -0.493 e. The van der Waals surface area contributed by atoms with Gasteiger partial charge in [0.1, 0.15) is 6.61 Å². The molecule has 1 atom stereocenters. The number of rotatable bonds is 9. The summed E-state index contributed by atoms with van der Waals surface area (Å²) in [6.45, 7) is 2.37. The number of carbonyl (C=O) groups excluding carboxylic acids is 2. The van der Waals surface area contributed by atoms with Crippen molar-refractivity contribution in [1.82, 2.24) is 5.32 Å². The summed E-state index contributed by atoms with van der Waals surface area (Å²) in [4.78, 5) is 25.9. The van der Waals surface area contributed by atoms with Gasteiger partial charge in [0, 0.05) is 23.4 Å². The molecule has 0 bridgehead atoms. The third-order valence-electron chi connectivity index (χ3n) is 7.10. The van der Waals surface area contributed by atoms with E-state index in [4.69, 9.17) is 9.47 Å². The fourth-order valence-electron chi connectivity index (χ4n) is 5.06. The highest BCUT2D eigenvalue weighted by Crippen LogP contribution is 2.45. The van der Waals surface area contributed by atoms with Gasteiger partial charge in [-0.05, 0) is 55.2 Å². The number of thioether (sulfide) groups is 1. The Balaban J connectivity index is 1.42. The van der Waals surface area contributed by atoms with Crippen LogP contribution in [0.5, 0.6) is 11.5 Å². The molecule has 1 heterocycles. The summed E-state index contributed by atoms with van der Waals surface area (Å²) in [6.07, 6.45) is 1.87. The zero-order chi connectivity index (χ0) is 28.8. The number of benzene rings is 3. The van der Waals surface area contributed by atoms with Crippen LogP contribution in [-0.4, -0.2) is 24.6 Å². The van der Waals surface area contributed by atoms with Crippen molar-refractivity contribution in [3.63, 3.8) is 0 Å². The Labute approximate surface area is 244 Å². The molecule has 0 fully saturated rings. The monoisotopic (exact) mass is 565 g/mol. The van der Waals surface area contributed by atoms with Gasteiger partial charge in [0.25, 0.3) is 0 Å². The van der Waals surface area contributed by atoms with Crippen LogP contribution >= 0.6 is 11.8 Å². The molecule has 41 heavy (non-hydrogen) atoms. The number of carbonyl (C=O) groups is 2. The van der Waals surface area contributed by atoms with E-state index in [-0.39, 0.29) is 17.4 Å². The van der Waals surface area contributed by atoms with Crippen molar-refractivity contribution < 1.29 is 19.1 Å². The highest BCUT2D eigenvalue weighted by molar-refractivity contribution is 8.03. The Kier molecular flexibility index (Phi) is 8.76. The first-order valence-corrected chi connectivity index (χ1v) is 14.5. The van der Waals surface area contributed by atoms with Crippen molar-refractivity contribution in [2.24, 2.45) is 0 Å². The third-order valence-corrected chi connectivity index (χ3v) is 8.12. The molecule has 1 amide bonds. The number of aryl methyl sites for hydroxylation is 1. The van der Waals surface area contributed by atoms with Crippen molar-refractivity contribution in [2.75, 3.05) is 18.2 Å². The number of anilines is 1. The maximum absolute atomic E-state index is 13.2. The minimum absolute atomic E-state index is 0.0287. The van der Waals surface area contributed by atoms with E-state index < -0.39 is 5.92 Å². The van der Waals surface area contributed by atoms with E-state index in [0.29, 0.717) is 47.1 Å². The Morgan fingerprint density at radius 2 is 1.85 bits per heavy atom. The molecular formula is C33H31N3O4S. The lowest BCUT2D eigenvalue weighted by Crippen LogP contribution is -2.31. The molecular weight excluding hydrogens is 534 g/mol. The molecule has 0 spiro atoms. The number of allylic oxidation sites excluding steroid dienone is 3. The zero-order valence-electron chi connectivity index (χ0n) is 23.0. The van der Waals surface area contributed by atoms with E-state index >= 15 is 0 Å². The van der Waals surface area contributed by atoms with Crippen molar-refractivity contribution >= 4 is 29.1 Å². The second-order valence-corrected chi connectivity index (χ2v) is 11.0. The van der Waals surface area contributed by atoms with Crippen molar-refractivity contribution in [3.8, 4) is 17.6 Å². The summed E-state index contributed by atoms with van der Waals surface area (Å²) in [7, 11) is 1.57. The average Bonchev–Trinajstić information content (AvgIpc) is 3.00. The van der Waals surface area contributed by atoms with E-state index in [2.05, 4.69) is 16.7 Å². The van der Waals surface area contributed by atoms with Gasteiger partial charge in [0.15, 0.2) is 17.3 Å². The zero-order valence-corrected chi connectivity index (χ0v) is 23.8. The van der Waals surface area contributed by atoms with Gasteiger partial charge in [-0.2, -0.15) is 5.26 Å². The van der Waals surface area contributed by atoms with Gasteiger partial charge in [0.2, 0.25) is 5.91 Å². The lowest BCUT2D eigenvalue weighted by atomic mass is 9.77. The molecule has 3 aromatic rings. The van der Waals surface area contributed by atoms with Crippen LogP contribution in [0.4, 0.5) is 5.69 Å². The Hall–Kier alpha value is -4.48.